The molecule has 1 heterocycles. The minimum atomic E-state index is 0.118. The normalized spacial score (nSPS) is 15.9. The molecule has 1 N–H and O–H groups in total. The molecule has 1 amide bonds. The first kappa shape index (κ1) is 14.9. The Labute approximate surface area is 121 Å². The summed E-state index contributed by atoms with van der Waals surface area (Å²) in [4.78, 5) is 16.4. The smallest absolute Gasteiger partial charge is 0.253 e. The second-order valence-corrected chi connectivity index (χ2v) is 5.82. The standard InChI is InChI=1S/C16H25N3O/c1-18(2)15-6-4-5-14(11-15)16(20)19(3)12-13-7-9-17-10-8-13/h4-6,11,13,17H,7-10,12H2,1-3H3. The summed E-state index contributed by atoms with van der Waals surface area (Å²) in [5, 5.41) is 3.36. The molecule has 0 aromatic heterocycles. The molecular formula is C16H25N3O. The number of hydrogen-bond donors (Lipinski definition) is 1. The van der Waals surface area contributed by atoms with Gasteiger partial charge in [-0.2, -0.15) is 0 Å². The molecule has 0 saturated carbocycles. The van der Waals surface area contributed by atoms with Crippen LogP contribution < -0.4 is 10.2 Å². The van der Waals surface area contributed by atoms with Crippen LogP contribution in [-0.2, 0) is 0 Å². The van der Waals surface area contributed by atoms with Crippen LogP contribution in [-0.4, -0.2) is 51.6 Å². The van der Waals surface area contributed by atoms with Gasteiger partial charge in [-0.3, -0.25) is 4.79 Å². The zero-order valence-electron chi connectivity index (χ0n) is 12.7. The van der Waals surface area contributed by atoms with Gasteiger partial charge in [-0.1, -0.05) is 6.07 Å². The number of carbonyl (C=O) groups is 1. The van der Waals surface area contributed by atoms with Crippen molar-refractivity contribution < 1.29 is 4.79 Å². The predicted molar refractivity (Wildman–Crippen MR) is 83.3 cm³/mol. The predicted octanol–water partition coefficient (Wildman–Crippen LogP) is 1.82. The van der Waals surface area contributed by atoms with Crippen LogP contribution in [0.4, 0.5) is 5.69 Å². The monoisotopic (exact) mass is 275 g/mol. The number of nitrogens with one attached hydrogen (secondary N) is 1. The Bertz CT molecular complexity index is 453. The van der Waals surface area contributed by atoms with Gasteiger partial charge in [-0.05, 0) is 50.0 Å². The van der Waals surface area contributed by atoms with Gasteiger partial charge in [0, 0.05) is 38.9 Å². The molecule has 1 saturated heterocycles. The summed E-state index contributed by atoms with van der Waals surface area (Å²) >= 11 is 0. The van der Waals surface area contributed by atoms with Gasteiger partial charge in [0.25, 0.3) is 5.91 Å². The van der Waals surface area contributed by atoms with Crippen LogP contribution in [0, 0.1) is 5.92 Å². The maximum Gasteiger partial charge on any atom is 0.253 e. The minimum absolute atomic E-state index is 0.118. The number of anilines is 1. The highest BCUT2D eigenvalue weighted by Gasteiger charge is 2.19. The highest BCUT2D eigenvalue weighted by Crippen LogP contribution is 2.17. The first-order valence-corrected chi connectivity index (χ1v) is 7.31. The Morgan fingerprint density at radius 3 is 2.60 bits per heavy atom. The molecule has 0 radical (unpaired) electrons. The van der Waals surface area contributed by atoms with Gasteiger partial charge in [0.1, 0.15) is 0 Å². The number of benzene rings is 1. The Morgan fingerprint density at radius 1 is 1.25 bits per heavy atom. The third-order valence-electron chi connectivity index (χ3n) is 3.95. The Morgan fingerprint density at radius 2 is 1.95 bits per heavy atom. The molecule has 1 fully saturated rings. The van der Waals surface area contributed by atoms with E-state index in [1.165, 1.54) is 0 Å². The van der Waals surface area contributed by atoms with Crippen molar-refractivity contribution >= 4 is 11.6 Å². The van der Waals surface area contributed by atoms with Crippen molar-refractivity contribution in [1.82, 2.24) is 10.2 Å². The lowest BCUT2D eigenvalue weighted by molar-refractivity contribution is 0.0763. The number of piperidine rings is 1. The fourth-order valence-corrected chi connectivity index (χ4v) is 2.67. The molecule has 0 atom stereocenters. The van der Waals surface area contributed by atoms with E-state index in [0.29, 0.717) is 5.92 Å². The van der Waals surface area contributed by atoms with E-state index < -0.39 is 0 Å². The largest absolute Gasteiger partial charge is 0.378 e. The topological polar surface area (TPSA) is 35.6 Å². The lowest BCUT2D eigenvalue weighted by Crippen LogP contribution is -2.37. The molecule has 0 bridgehead atoms. The quantitative estimate of drug-likeness (QED) is 0.910. The molecule has 4 heteroatoms. The Kier molecular flexibility index (Phi) is 5.01. The van der Waals surface area contributed by atoms with Crippen molar-refractivity contribution in [3.05, 3.63) is 29.8 Å². The number of carbonyl (C=O) groups excluding carboxylic acids is 1. The van der Waals surface area contributed by atoms with Crippen LogP contribution in [0.25, 0.3) is 0 Å². The summed E-state index contributed by atoms with van der Waals surface area (Å²) in [5.41, 5.74) is 1.83. The number of amides is 1. The van der Waals surface area contributed by atoms with E-state index in [9.17, 15) is 4.79 Å². The van der Waals surface area contributed by atoms with Crippen molar-refractivity contribution in [3.8, 4) is 0 Å². The summed E-state index contributed by atoms with van der Waals surface area (Å²) < 4.78 is 0. The average Bonchev–Trinajstić information content (AvgIpc) is 2.47. The highest BCUT2D eigenvalue weighted by molar-refractivity contribution is 5.95. The van der Waals surface area contributed by atoms with Crippen LogP contribution in [0.15, 0.2) is 24.3 Å². The molecule has 1 aromatic rings. The lowest BCUT2D eigenvalue weighted by atomic mass is 9.97. The molecule has 1 aromatic carbocycles. The van der Waals surface area contributed by atoms with Gasteiger partial charge in [-0.25, -0.2) is 0 Å². The molecule has 0 spiro atoms. The second kappa shape index (κ2) is 6.75. The summed E-state index contributed by atoms with van der Waals surface area (Å²) in [6.45, 7) is 3.00. The van der Waals surface area contributed by atoms with E-state index in [1.54, 1.807) is 0 Å². The van der Waals surface area contributed by atoms with E-state index in [-0.39, 0.29) is 5.91 Å². The van der Waals surface area contributed by atoms with Crippen molar-refractivity contribution in [2.24, 2.45) is 5.92 Å². The third kappa shape index (κ3) is 3.73. The van der Waals surface area contributed by atoms with Gasteiger partial charge in [0.2, 0.25) is 0 Å². The maximum absolute atomic E-state index is 12.5. The van der Waals surface area contributed by atoms with E-state index in [2.05, 4.69) is 5.32 Å². The summed E-state index contributed by atoms with van der Waals surface area (Å²) in [5.74, 6) is 0.745. The van der Waals surface area contributed by atoms with Crippen molar-refractivity contribution in [3.63, 3.8) is 0 Å². The number of hydrogen-bond acceptors (Lipinski definition) is 3. The maximum atomic E-state index is 12.5. The average molecular weight is 275 g/mol. The molecule has 1 aliphatic rings. The van der Waals surface area contributed by atoms with Crippen LogP contribution >= 0.6 is 0 Å². The lowest BCUT2D eigenvalue weighted by Gasteiger charge is -2.27. The number of nitrogens with zero attached hydrogens (tertiary/aromatic N) is 2. The summed E-state index contributed by atoms with van der Waals surface area (Å²) in [7, 11) is 5.89. The zero-order valence-corrected chi connectivity index (χ0v) is 12.7. The summed E-state index contributed by atoms with van der Waals surface area (Å²) in [6, 6.07) is 7.82. The van der Waals surface area contributed by atoms with Crippen LogP contribution in [0.3, 0.4) is 0 Å². The highest BCUT2D eigenvalue weighted by atomic mass is 16.2. The Hall–Kier alpha value is -1.55. The van der Waals surface area contributed by atoms with E-state index in [0.717, 1.165) is 43.7 Å². The third-order valence-corrected chi connectivity index (χ3v) is 3.95. The van der Waals surface area contributed by atoms with E-state index in [4.69, 9.17) is 0 Å². The molecule has 1 aliphatic heterocycles. The van der Waals surface area contributed by atoms with Crippen LogP contribution in [0.5, 0.6) is 0 Å². The molecule has 4 nitrogen and oxygen atoms in total. The molecule has 0 unspecified atom stereocenters. The summed E-state index contributed by atoms with van der Waals surface area (Å²) in [6.07, 6.45) is 2.32. The minimum Gasteiger partial charge on any atom is -0.378 e. The van der Waals surface area contributed by atoms with Gasteiger partial charge < -0.3 is 15.1 Å². The van der Waals surface area contributed by atoms with Crippen molar-refractivity contribution in [2.75, 3.05) is 45.7 Å². The van der Waals surface area contributed by atoms with Gasteiger partial charge in [0.05, 0.1) is 0 Å². The zero-order chi connectivity index (χ0) is 14.5. The van der Waals surface area contributed by atoms with E-state index >= 15 is 0 Å². The molecule has 0 aliphatic carbocycles. The van der Waals surface area contributed by atoms with Gasteiger partial charge in [-0.15, -0.1) is 0 Å². The van der Waals surface area contributed by atoms with Crippen LogP contribution in [0.2, 0.25) is 0 Å². The first-order valence-electron chi connectivity index (χ1n) is 7.31. The molecule has 20 heavy (non-hydrogen) atoms. The molecular weight excluding hydrogens is 250 g/mol. The van der Waals surface area contributed by atoms with Crippen molar-refractivity contribution in [1.29, 1.82) is 0 Å². The van der Waals surface area contributed by atoms with Gasteiger partial charge >= 0.3 is 0 Å². The molecule has 2 rings (SSSR count). The molecule has 110 valence electrons. The fourth-order valence-electron chi connectivity index (χ4n) is 2.67. The van der Waals surface area contributed by atoms with Gasteiger partial charge in [0.15, 0.2) is 0 Å². The SMILES string of the molecule is CN(CC1CCNCC1)C(=O)c1cccc(N(C)C)c1. The van der Waals surface area contributed by atoms with E-state index in [1.807, 2.05) is 55.2 Å². The first-order chi connectivity index (χ1) is 9.58. The number of rotatable bonds is 4. The second-order valence-electron chi connectivity index (χ2n) is 5.82. The fraction of sp³-hybridized carbons (Fsp3) is 0.562. The van der Waals surface area contributed by atoms with Crippen molar-refractivity contribution in [2.45, 2.75) is 12.8 Å². The van der Waals surface area contributed by atoms with Crippen LogP contribution in [0.1, 0.15) is 23.2 Å². The Balaban J connectivity index is 2.00.